The van der Waals surface area contributed by atoms with E-state index in [-0.39, 0.29) is 23.6 Å². The summed E-state index contributed by atoms with van der Waals surface area (Å²) in [6, 6.07) is 0.581. The number of rotatable bonds is 1. The van der Waals surface area contributed by atoms with Crippen molar-refractivity contribution in [2.45, 2.75) is 26.2 Å². The molecule has 0 saturated carbocycles. The number of aliphatic imine (C=N–C) groups is 1. The lowest BCUT2D eigenvalue weighted by Gasteiger charge is -2.28. The summed E-state index contributed by atoms with van der Waals surface area (Å²) in [5, 5.41) is 2.62. The van der Waals surface area contributed by atoms with Crippen molar-refractivity contribution >= 4 is 17.5 Å². The van der Waals surface area contributed by atoms with Gasteiger partial charge in [0, 0.05) is 22.8 Å². The van der Waals surface area contributed by atoms with E-state index in [1.54, 1.807) is 19.9 Å². The number of nitrogens with one attached hydrogen (secondary N) is 1. The minimum Gasteiger partial charge on any atom is -0.325 e. The molecule has 1 aliphatic heterocycles. The number of amides is 2. The molecule has 1 aromatic carbocycles. The van der Waals surface area contributed by atoms with Gasteiger partial charge >= 0.3 is 12.4 Å². The van der Waals surface area contributed by atoms with Gasteiger partial charge < -0.3 is 5.32 Å². The van der Waals surface area contributed by atoms with Gasteiger partial charge in [-0.15, -0.1) is 0 Å². The highest BCUT2D eigenvalue weighted by atomic mass is 19.4. The molecule has 158 valence electrons. The zero-order valence-electron chi connectivity index (χ0n) is 15.6. The Morgan fingerprint density at radius 2 is 1.57 bits per heavy atom. The van der Waals surface area contributed by atoms with Crippen LogP contribution in [0.5, 0.6) is 0 Å². The molecule has 0 spiro atoms. The highest BCUT2D eigenvalue weighted by molar-refractivity contribution is 6.14. The third-order valence-corrected chi connectivity index (χ3v) is 4.82. The monoisotopic (exact) mass is 428 g/mol. The fraction of sp³-hybridized carbons (Fsp3) is 0.250. The standard InChI is InChI=1S/C20H14F6N2O2/c1-9-10(2)17(29)28-16-8-14(3-4-15(9)16)27-18(30)11-5-12(19(21,22)23)7-13(6-11)20(24,25)26/h3-8,15H,1-2H3,(H,28,29). The smallest absolute Gasteiger partial charge is 0.325 e. The van der Waals surface area contributed by atoms with Crippen molar-refractivity contribution < 1.29 is 35.9 Å². The van der Waals surface area contributed by atoms with Crippen LogP contribution in [-0.2, 0) is 17.1 Å². The fourth-order valence-electron chi connectivity index (χ4n) is 3.05. The zero-order chi connectivity index (χ0) is 22.4. The number of allylic oxidation sites excluding steroid dienone is 3. The fourth-order valence-corrected chi connectivity index (χ4v) is 3.05. The van der Waals surface area contributed by atoms with Gasteiger partial charge in [0.2, 0.25) is 0 Å². The summed E-state index contributed by atoms with van der Waals surface area (Å²) in [7, 11) is 0. The van der Waals surface area contributed by atoms with E-state index in [1.165, 1.54) is 12.2 Å². The summed E-state index contributed by atoms with van der Waals surface area (Å²) in [5.74, 6) is -1.88. The summed E-state index contributed by atoms with van der Waals surface area (Å²) in [5.41, 5.74) is -2.34. The Labute approximate surface area is 166 Å². The molecule has 1 heterocycles. The van der Waals surface area contributed by atoms with Crippen LogP contribution in [0.15, 0.2) is 58.3 Å². The van der Waals surface area contributed by atoms with Crippen LogP contribution in [0, 0.1) is 5.92 Å². The minimum absolute atomic E-state index is 0.00938. The van der Waals surface area contributed by atoms with Gasteiger partial charge in [-0.1, -0.05) is 11.6 Å². The van der Waals surface area contributed by atoms with Crippen molar-refractivity contribution in [1.82, 2.24) is 5.32 Å². The van der Waals surface area contributed by atoms with E-state index < -0.39 is 35.0 Å². The summed E-state index contributed by atoms with van der Waals surface area (Å²) in [6.45, 7) is 3.40. The van der Waals surface area contributed by atoms with Crippen molar-refractivity contribution in [3.05, 3.63) is 70.0 Å². The third kappa shape index (κ3) is 4.22. The number of alkyl halides is 6. The molecule has 1 aromatic rings. The molecule has 10 heteroatoms. The van der Waals surface area contributed by atoms with E-state index in [2.05, 4.69) is 10.3 Å². The molecule has 1 aliphatic carbocycles. The Balaban J connectivity index is 1.99. The molecule has 2 aliphatic rings. The number of carbonyl (C=O) groups excluding carboxylic acids is 2. The van der Waals surface area contributed by atoms with Crippen LogP contribution >= 0.6 is 0 Å². The van der Waals surface area contributed by atoms with Gasteiger partial charge in [-0.3, -0.25) is 9.59 Å². The van der Waals surface area contributed by atoms with Gasteiger partial charge in [0.15, 0.2) is 0 Å². The van der Waals surface area contributed by atoms with Gasteiger partial charge in [0.25, 0.3) is 11.8 Å². The number of carbonyl (C=O) groups is 2. The number of hydrogen-bond donors (Lipinski definition) is 1. The Kier molecular flexibility index (Phi) is 5.21. The second kappa shape index (κ2) is 7.26. The van der Waals surface area contributed by atoms with Crippen LogP contribution < -0.4 is 5.32 Å². The van der Waals surface area contributed by atoms with E-state index in [9.17, 15) is 35.9 Å². The second-order valence-electron chi connectivity index (χ2n) is 6.83. The van der Waals surface area contributed by atoms with Gasteiger partial charge in [-0.2, -0.15) is 26.3 Å². The van der Waals surface area contributed by atoms with Gasteiger partial charge in [0.05, 0.1) is 16.8 Å². The second-order valence-corrected chi connectivity index (χ2v) is 6.83. The summed E-state index contributed by atoms with van der Waals surface area (Å²) >= 11 is 0. The van der Waals surface area contributed by atoms with Crippen molar-refractivity contribution in [1.29, 1.82) is 0 Å². The van der Waals surface area contributed by atoms with Crippen molar-refractivity contribution in [3.8, 4) is 0 Å². The third-order valence-electron chi connectivity index (χ3n) is 4.82. The lowest BCUT2D eigenvalue weighted by Crippen LogP contribution is -2.35. The largest absolute Gasteiger partial charge is 0.416 e. The molecule has 3 rings (SSSR count). The predicted molar refractivity (Wildman–Crippen MR) is 95.4 cm³/mol. The van der Waals surface area contributed by atoms with Crippen LogP contribution in [0.25, 0.3) is 0 Å². The first-order valence-corrected chi connectivity index (χ1v) is 8.58. The molecule has 0 aromatic heterocycles. The maximum atomic E-state index is 13.0. The van der Waals surface area contributed by atoms with Crippen molar-refractivity contribution in [3.63, 3.8) is 0 Å². The van der Waals surface area contributed by atoms with Crippen LogP contribution in [0.4, 0.5) is 26.3 Å². The van der Waals surface area contributed by atoms with E-state index >= 15 is 0 Å². The number of nitrogens with zero attached hydrogens (tertiary/aromatic N) is 1. The molecular weight excluding hydrogens is 414 g/mol. The number of halogens is 6. The first-order valence-electron chi connectivity index (χ1n) is 8.58. The van der Waals surface area contributed by atoms with E-state index in [0.717, 1.165) is 5.57 Å². The highest BCUT2D eigenvalue weighted by Crippen LogP contribution is 2.36. The van der Waals surface area contributed by atoms with Crippen LogP contribution in [0.3, 0.4) is 0 Å². The molecular formula is C20H14F6N2O2. The zero-order valence-corrected chi connectivity index (χ0v) is 15.6. The first-order chi connectivity index (χ1) is 13.8. The molecule has 0 fully saturated rings. The minimum atomic E-state index is -5.07. The molecule has 1 unspecified atom stereocenters. The van der Waals surface area contributed by atoms with E-state index in [4.69, 9.17) is 0 Å². The van der Waals surface area contributed by atoms with Crippen LogP contribution in [-0.4, -0.2) is 17.5 Å². The Morgan fingerprint density at radius 1 is 1.00 bits per heavy atom. The molecule has 0 radical (unpaired) electrons. The van der Waals surface area contributed by atoms with Crippen LogP contribution in [0.1, 0.15) is 35.3 Å². The van der Waals surface area contributed by atoms with E-state index in [1.807, 2.05) is 0 Å². The average molecular weight is 428 g/mol. The molecule has 1 N–H and O–H groups in total. The molecule has 0 bridgehead atoms. The lowest BCUT2D eigenvalue weighted by molar-refractivity contribution is -0.143. The number of benzene rings is 1. The molecule has 1 atom stereocenters. The molecule has 30 heavy (non-hydrogen) atoms. The van der Waals surface area contributed by atoms with Crippen LogP contribution in [0.2, 0.25) is 0 Å². The normalized spacial score (nSPS) is 20.8. The lowest BCUT2D eigenvalue weighted by atomic mass is 9.85. The highest BCUT2D eigenvalue weighted by Gasteiger charge is 2.37. The molecule has 4 nitrogen and oxygen atoms in total. The summed E-state index contributed by atoms with van der Waals surface area (Å²) in [6.07, 6.45) is -5.74. The molecule has 0 saturated heterocycles. The average Bonchev–Trinajstić information content (AvgIpc) is 2.64. The van der Waals surface area contributed by atoms with E-state index in [0.29, 0.717) is 23.4 Å². The quantitative estimate of drug-likeness (QED) is 0.651. The maximum absolute atomic E-state index is 13.0. The summed E-state index contributed by atoms with van der Waals surface area (Å²) < 4.78 is 77.8. The van der Waals surface area contributed by atoms with Crippen molar-refractivity contribution in [2.75, 3.05) is 0 Å². The summed E-state index contributed by atoms with van der Waals surface area (Å²) in [4.78, 5) is 27.9. The number of hydrogen-bond acceptors (Lipinski definition) is 2. The van der Waals surface area contributed by atoms with Gasteiger partial charge in [0.1, 0.15) is 0 Å². The Bertz CT molecular complexity index is 1030. The maximum Gasteiger partial charge on any atom is 0.416 e. The first kappa shape index (κ1) is 21.5. The van der Waals surface area contributed by atoms with Gasteiger partial charge in [-0.25, -0.2) is 4.99 Å². The predicted octanol–water partition coefficient (Wildman–Crippen LogP) is 4.84. The Hall–Kier alpha value is -3.17. The SMILES string of the molecule is CC1=C(C)C2C=CC(=NC(=O)c3cc(C(F)(F)F)cc(C(F)(F)F)c3)C=C2NC1=O. The molecule has 2 amide bonds. The Morgan fingerprint density at radius 3 is 2.10 bits per heavy atom. The van der Waals surface area contributed by atoms with Crippen molar-refractivity contribution in [2.24, 2.45) is 10.9 Å². The number of fused-ring (bicyclic) bond motifs is 1. The topological polar surface area (TPSA) is 58.5 Å². The van der Waals surface area contributed by atoms with Gasteiger partial charge in [-0.05, 0) is 44.2 Å².